The van der Waals surface area contributed by atoms with Gasteiger partial charge in [-0.05, 0) is 19.1 Å². The molecule has 1 spiro atoms. The molecule has 0 atom stereocenters. The van der Waals surface area contributed by atoms with Crippen LogP contribution in [0, 0.1) is 12.3 Å². The van der Waals surface area contributed by atoms with Crippen LogP contribution in [-0.2, 0) is 4.74 Å². The van der Waals surface area contributed by atoms with Crippen molar-refractivity contribution in [2.75, 3.05) is 31.2 Å². The maximum absolute atomic E-state index is 5.24. The average molecular weight is 220 g/mol. The molecule has 2 aliphatic heterocycles. The van der Waals surface area contributed by atoms with E-state index in [2.05, 4.69) is 22.0 Å². The fourth-order valence-electron chi connectivity index (χ4n) is 2.20. The predicted octanol–water partition coefficient (Wildman–Crippen LogP) is 2.25. The third-order valence-electron chi connectivity index (χ3n) is 3.07. The van der Waals surface area contributed by atoms with E-state index in [-0.39, 0.29) is 0 Å². The maximum Gasteiger partial charge on any atom is 0.128 e. The summed E-state index contributed by atoms with van der Waals surface area (Å²) in [4.78, 5) is 6.83. The van der Waals surface area contributed by atoms with E-state index >= 15 is 0 Å². The van der Waals surface area contributed by atoms with Gasteiger partial charge in [-0.1, -0.05) is 19.9 Å². The summed E-state index contributed by atoms with van der Waals surface area (Å²) in [5.74, 6) is 1.11. The topological polar surface area (TPSA) is 25.4 Å². The van der Waals surface area contributed by atoms with Gasteiger partial charge in [-0.2, -0.15) is 0 Å². The second-order valence-electron chi connectivity index (χ2n) is 4.49. The molecule has 0 aliphatic carbocycles. The normalized spacial score (nSPS) is 20.6. The zero-order valence-electron chi connectivity index (χ0n) is 10.4. The Labute approximate surface area is 97.4 Å². The van der Waals surface area contributed by atoms with Gasteiger partial charge in [0.05, 0.1) is 18.6 Å². The van der Waals surface area contributed by atoms with Gasteiger partial charge >= 0.3 is 0 Å². The molecule has 0 saturated carbocycles. The number of anilines is 1. The van der Waals surface area contributed by atoms with Crippen LogP contribution in [0.4, 0.5) is 5.82 Å². The lowest BCUT2D eigenvalue weighted by Gasteiger charge is -2.55. The summed E-state index contributed by atoms with van der Waals surface area (Å²) < 4.78 is 5.24. The first-order valence-corrected chi connectivity index (χ1v) is 6.04. The molecule has 1 aromatic rings. The molecule has 0 bridgehead atoms. The smallest absolute Gasteiger partial charge is 0.128 e. The third kappa shape index (κ3) is 1.92. The summed E-state index contributed by atoms with van der Waals surface area (Å²) in [6.45, 7) is 10.1. The van der Waals surface area contributed by atoms with Crippen LogP contribution < -0.4 is 4.90 Å². The Morgan fingerprint density at radius 2 is 1.94 bits per heavy atom. The van der Waals surface area contributed by atoms with Crippen LogP contribution in [0.3, 0.4) is 0 Å². The third-order valence-corrected chi connectivity index (χ3v) is 3.07. The Bertz CT molecular complexity index is 353. The number of pyridine rings is 1. The molecule has 0 unspecified atom stereocenters. The summed E-state index contributed by atoms with van der Waals surface area (Å²) in [6.07, 6.45) is 0. The van der Waals surface area contributed by atoms with Crippen LogP contribution in [0.5, 0.6) is 0 Å². The molecule has 2 aliphatic rings. The van der Waals surface area contributed by atoms with E-state index in [0.717, 1.165) is 37.8 Å². The first-order chi connectivity index (χ1) is 7.77. The molecule has 3 nitrogen and oxygen atoms in total. The predicted molar refractivity (Wildman–Crippen MR) is 65.8 cm³/mol. The molecule has 0 amide bonds. The van der Waals surface area contributed by atoms with Crippen LogP contribution in [0.1, 0.15) is 19.5 Å². The molecule has 2 saturated heterocycles. The summed E-state index contributed by atoms with van der Waals surface area (Å²) in [7, 11) is 0. The van der Waals surface area contributed by atoms with Crippen molar-refractivity contribution in [3.05, 3.63) is 23.9 Å². The van der Waals surface area contributed by atoms with Crippen molar-refractivity contribution < 1.29 is 4.74 Å². The van der Waals surface area contributed by atoms with Gasteiger partial charge in [0.15, 0.2) is 0 Å². The van der Waals surface area contributed by atoms with E-state index in [4.69, 9.17) is 4.74 Å². The summed E-state index contributed by atoms with van der Waals surface area (Å²) >= 11 is 0. The van der Waals surface area contributed by atoms with Crippen LogP contribution in [0.15, 0.2) is 18.2 Å². The zero-order chi connectivity index (χ0) is 11.6. The van der Waals surface area contributed by atoms with E-state index in [1.54, 1.807) is 0 Å². The molecule has 3 heterocycles. The molecule has 2 fully saturated rings. The van der Waals surface area contributed by atoms with Crippen molar-refractivity contribution in [2.45, 2.75) is 20.8 Å². The van der Waals surface area contributed by atoms with E-state index in [1.807, 2.05) is 26.8 Å². The lowest BCUT2D eigenvalue weighted by molar-refractivity contribution is -0.127. The standard InChI is InChI=1S/C11H14N2O.C2H6/c1-9-3-2-4-10(12-9)13-5-11(6-13)7-14-8-11;1-2/h2-4H,5-8H2,1H3;1-2H3. The average Bonchev–Trinajstić information content (AvgIpc) is 2.17. The number of hydrogen-bond donors (Lipinski definition) is 0. The van der Waals surface area contributed by atoms with Crippen molar-refractivity contribution >= 4 is 5.82 Å². The molecule has 0 aromatic carbocycles. The van der Waals surface area contributed by atoms with Crippen molar-refractivity contribution in [2.24, 2.45) is 5.41 Å². The van der Waals surface area contributed by atoms with Crippen LogP contribution in [0.2, 0.25) is 0 Å². The lowest BCUT2D eigenvalue weighted by Crippen LogP contribution is -2.66. The minimum Gasteiger partial charge on any atom is -0.380 e. The minimum atomic E-state index is 0.478. The van der Waals surface area contributed by atoms with E-state index in [9.17, 15) is 0 Å². The Balaban J connectivity index is 0.000000457. The summed E-state index contributed by atoms with van der Waals surface area (Å²) in [5, 5.41) is 0. The number of ether oxygens (including phenoxy) is 1. The molecule has 0 N–H and O–H groups in total. The Kier molecular flexibility index (Phi) is 3.15. The van der Waals surface area contributed by atoms with Gasteiger partial charge in [0, 0.05) is 18.8 Å². The van der Waals surface area contributed by atoms with Gasteiger partial charge < -0.3 is 9.64 Å². The number of aryl methyl sites for hydroxylation is 1. The van der Waals surface area contributed by atoms with E-state index in [1.165, 1.54) is 0 Å². The lowest BCUT2D eigenvalue weighted by atomic mass is 9.78. The first kappa shape index (κ1) is 11.4. The molecule has 0 radical (unpaired) electrons. The molecule has 1 aromatic heterocycles. The maximum atomic E-state index is 5.24. The van der Waals surface area contributed by atoms with Gasteiger partial charge in [0.25, 0.3) is 0 Å². The quantitative estimate of drug-likeness (QED) is 0.726. The van der Waals surface area contributed by atoms with Crippen molar-refractivity contribution in [1.82, 2.24) is 4.98 Å². The number of rotatable bonds is 1. The van der Waals surface area contributed by atoms with Gasteiger partial charge in [0.2, 0.25) is 0 Å². The number of nitrogens with zero attached hydrogens (tertiary/aromatic N) is 2. The summed E-state index contributed by atoms with van der Waals surface area (Å²) in [5.41, 5.74) is 1.57. The fraction of sp³-hybridized carbons (Fsp3) is 0.615. The van der Waals surface area contributed by atoms with Gasteiger partial charge in [-0.15, -0.1) is 0 Å². The van der Waals surface area contributed by atoms with Crippen LogP contribution in [-0.4, -0.2) is 31.3 Å². The zero-order valence-corrected chi connectivity index (χ0v) is 10.4. The highest BCUT2D eigenvalue weighted by Gasteiger charge is 2.49. The molecule has 88 valence electrons. The molecular weight excluding hydrogens is 200 g/mol. The van der Waals surface area contributed by atoms with Crippen molar-refractivity contribution in [3.8, 4) is 0 Å². The SMILES string of the molecule is CC.Cc1cccc(N2CC3(COC3)C2)n1. The molecule has 16 heavy (non-hydrogen) atoms. The second-order valence-corrected chi connectivity index (χ2v) is 4.49. The second kappa shape index (κ2) is 4.42. The highest BCUT2D eigenvalue weighted by Crippen LogP contribution is 2.39. The number of aromatic nitrogens is 1. The molecule has 3 rings (SSSR count). The highest BCUT2D eigenvalue weighted by molar-refractivity contribution is 5.44. The van der Waals surface area contributed by atoms with E-state index in [0.29, 0.717) is 5.41 Å². The van der Waals surface area contributed by atoms with E-state index < -0.39 is 0 Å². The largest absolute Gasteiger partial charge is 0.380 e. The van der Waals surface area contributed by atoms with Crippen LogP contribution >= 0.6 is 0 Å². The Morgan fingerprint density at radius 1 is 1.25 bits per heavy atom. The Morgan fingerprint density at radius 3 is 2.44 bits per heavy atom. The Hall–Kier alpha value is -1.09. The van der Waals surface area contributed by atoms with Gasteiger partial charge in [0.1, 0.15) is 5.82 Å². The van der Waals surface area contributed by atoms with Crippen LogP contribution in [0.25, 0.3) is 0 Å². The van der Waals surface area contributed by atoms with Gasteiger partial charge in [-0.3, -0.25) is 0 Å². The molecule has 3 heteroatoms. The van der Waals surface area contributed by atoms with Crippen molar-refractivity contribution in [3.63, 3.8) is 0 Å². The monoisotopic (exact) mass is 220 g/mol. The fourth-order valence-corrected chi connectivity index (χ4v) is 2.20. The minimum absolute atomic E-state index is 0.478. The van der Waals surface area contributed by atoms with Gasteiger partial charge in [-0.25, -0.2) is 4.98 Å². The highest BCUT2D eigenvalue weighted by atomic mass is 16.5. The number of hydrogen-bond acceptors (Lipinski definition) is 3. The molecular formula is C13H20N2O. The van der Waals surface area contributed by atoms with Crippen molar-refractivity contribution in [1.29, 1.82) is 0 Å². The summed E-state index contributed by atoms with van der Waals surface area (Å²) in [6, 6.07) is 6.19. The first-order valence-electron chi connectivity index (χ1n) is 6.04.